The van der Waals surface area contributed by atoms with Crippen LogP contribution >= 0.6 is 11.5 Å². The number of rotatable bonds is 9. The van der Waals surface area contributed by atoms with E-state index in [4.69, 9.17) is 18.6 Å². The van der Waals surface area contributed by atoms with Crippen molar-refractivity contribution in [3.63, 3.8) is 0 Å². The minimum Gasteiger partial charge on any atom is -0.497 e. The molecule has 3 aromatic rings. The zero-order chi connectivity index (χ0) is 27.7. The fourth-order valence-electron chi connectivity index (χ4n) is 3.95. The lowest BCUT2D eigenvalue weighted by molar-refractivity contribution is 0.122. The number of methoxy groups -OCH3 is 2. The second-order valence-electron chi connectivity index (χ2n) is 10.6. The van der Waals surface area contributed by atoms with Gasteiger partial charge in [0.1, 0.15) is 23.6 Å². The summed E-state index contributed by atoms with van der Waals surface area (Å²) in [7, 11) is -2.98. The Morgan fingerprint density at radius 3 is 2.53 bits per heavy atom. The van der Waals surface area contributed by atoms with Gasteiger partial charge in [0, 0.05) is 41.2 Å². The van der Waals surface area contributed by atoms with Crippen molar-refractivity contribution in [3.05, 3.63) is 53.9 Å². The number of hydrogen-bond donors (Lipinski definition) is 0. The minimum atomic E-state index is -4.03. The molecule has 0 radical (unpaired) electrons. The Hall–Kier alpha value is -2.67. The molecule has 0 amide bonds. The summed E-state index contributed by atoms with van der Waals surface area (Å²) in [6, 6.07) is 10.3. The summed E-state index contributed by atoms with van der Waals surface area (Å²) >= 11 is 1.00. The topological polar surface area (TPSA) is 100 Å². The maximum Gasteiger partial charge on any atom is 0.266 e. The third-order valence-corrected chi connectivity index (χ3v) is 14.2. The van der Waals surface area contributed by atoms with Crippen molar-refractivity contribution in [1.29, 1.82) is 0 Å². The van der Waals surface area contributed by atoms with Gasteiger partial charge in [-0.15, -0.1) is 0 Å². The van der Waals surface area contributed by atoms with Gasteiger partial charge in [-0.3, -0.25) is 0 Å². The molecule has 0 unspecified atom stereocenters. The number of nitrogens with zero attached hydrogens (tertiary/aromatic N) is 3. The number of benzene rings is 2. The third-order valence-electron chi connectivity index (χ3n) is 7.17. The number of hydrogen-bond acceptors (Lipinski definition) is 9. The molecule has 0 bridgehead atoms. The van der Waals surface area contributed by atoms with Crippen LogP contribution in [0.5, 0.6) is 17.2 Å². The molecule has 0 saturated carbocycles. The molecule has 12 heteroatoms. The summed E-state index contributed by atoms with van der Waals surface area (Å²) in [6.07, 6.45) is 1.92. The number of aromatic nitrogens is 2. The first-order chi connectivity index (χ1) is 17.9. The van der Waals surface area contributed by atoms with Crippen LogP contribution in [0.4, 0.5) is 5.13 Å². The number of anilines is 1. The largest absolute Gasteiger partial charge is 0.497 e. The maximum absolute atomic E-state index is 14.0. The molecule has 4 rings (SSSR count). The summed E-state index contributed by atoms with van der Waals surface area (Å²) in [5.74, 6) is 1.64. The molecular formula is C26H35N3O6S2Si. The van der Waals surface area contributed by atoms with Crippen molar-refractivity contribution in [3.8, 4) is 17.2 Å². The zero-order valence-corrected chi connectivity index (χ0v) is 25.5. The Morgan fingerprint density at radius 1 is 1.13 bits per heavy atom. The number of fused-ring (bicyclic) bond motifs is 1. The average molecular weight is 578 g/mol. The van der Waals surface area contributed by atoms with Crippen molar-refractivity contribution in [2.75, 3.05) is 25.1 Å². The van der Waals surface area contributed by atoms with Gasteiger partial charge in [0.25, 0.3) is 10.0 Å². The van der Waals surface area contributed by atoms with Gasteiger partial charge in [-0.1, -0.05) is 26.8 Å². The highest BCUT2D eigenvalue weighted by molar-refractivity contribution is 7.93. The second-order valence-corrected chi connectivity index (χ2v) is 18.0. The Kier molecular flexibility index (Phi) is 8.08. The minimum absolute atomic E-state index is 0.000254. The predicted octanol–water partition coefficient (Wildman–Crippen LogP) is 5.80. The lowest BCUT2D eigenvalue weighted by atomic mass is 10.0. The zero-order valence-electron chi connectivity index (χ0n) is 22.8. The molecule has 1 aliphatic rings. The molecule has 0 aliphatic carbocycles. The van der Waals surface area contributed by atoms with Gasteiger partial charge < -0.3 is 18.6 Å². The molecule has 0 N–H and O–H groups in total. The Bertz CT molecular complexity index is 1370. The van der Waals surface area contributed by atoms with Crippen LogP contribution in [0, 0.1) is 0 Å². The smallest absolute Gasteiger partial charge is 0.266 e. The summed E-state index contributed by atoms with van der Waals surface area (Å²) in [6.45, 7) is 11.5. The van der Waals surface area contributed by atoms with Crippen LogP contribution in [0.3, 0.4) is 0 Å². The predicted molar refractivity (Wildman–Crippen MR) is 150 cm³/mol. The van der Waals surface area contributed by atoms with E-state index >= 15 is 0 Å². The summed E-state index contributed by atoms with van der Waals surface area (Å²) in [4.78, 5) is 4.30. The van der Waals surface area contributed by atoms with Gasteiger partial charge in [-0.05, 0) is 36.3 Å². The average Bonchev–Trinajstić information content (AvgIpc) is 3.40. The van der Waals surface area contributed by atoms with E-state index in [-0.39, 0.29) is 27.7 Å². The maximum atomic E-state index is 14.0. The van der Waals surface area contributed by atoms with E-state index < -0.39 is 18.3 Å². The Labute approximate surface area is 230 Å². The lowest BCUT2D eigenvalue weighted by Gasteiger charge is -2.40. The van der Waals surface area contributed by atoms with Crippen LogP contribution in [-0.4, -0.2) is 46.9 Å². The molecule has 2 heterocycles. The molecule has 1 aromatic heterocycles. The van der Waals surface area contributed by atoms with Crippen LogP contribution in [0.2, 0.25) is 18.1 Å². The van der Waals surface area contributed by atoms with Gasteiger partial charge in [0.05, 0.1) is 38.4 Å². The molecule has 0 spiro atoms. The van der Waals surface area contributed by atoms with E-state index in [1.54, 1.807) is 37.4 Å². The van der Waals surface area contributed by atoms with Gasteiger partial charge in [0.2, 0.25) is 5.13 Å². The highest BCUT2D eigenvalue weighted by atomic mass is 32.2. The second kappa shape index (κ2) is 10.8. The molecule has 2 aromatic carbocycles. The molecule has 1 atom stereocenters. The molecule has 0 fully saturated rings. The summed E-state index contributed by atoms with van der Waals surface area (Å²) in [5.41, 5.74) is 1.53. The Balaban J connectivity index is 1.70. The van der Waals surface area contributed by atoms with Crippen LogP contribution in [0.25, 0.3) is 0 Å². The van der Waals surface area contributed by atoms with E-state index in [2.05, 4.69) is 43.2 Å². The van der Waals surface area contributed by atoms with Crippen LogP contribution in [0.1, 0.15) is 44.4 Å². The quantitative estimate of drug-likeness (QED) is 0.294. The molecule has 38 heavy (non-hydrogen) atoms. The van der Waals surface area contributed by atoms with Crippen molar-refractivity contribution in [1.82, 2.24) is 9.36 Å². The van der Waals surface area contributed by atoms with E-state index in [1.807, 2.05) is 6.07 Å². The van der Waals surface area contributed by atoms with Crippen molar-refractivity contribution < 1.29 is 27.1 Å². The van der Waals surface area contributed by atoms with Crippen LogP contribution in [-0.2, 0) is 21.0 Å². The first-order valence-electron chi connectivity index (χ1n) is 12.3. The van der Waals surface area contributed by atoms with E-state index in [1.165, 1.54) is 17.7 Å². The van der Waals surface area contributed by atoms with Gasteiger partial charge in [0.15, 0.2) is 8.32 Å². The van der Waals surface area contributed by atoms with Gasteiger partial charge in [-0.2, -0.15) is 4.37 Å². The standard InChI is InChI=1S/C26H35N3O6S2Si/c1-26(2,3)38(6,7)35-22-12-13-34-24-15-20(10-11-21(22)24)37(30,31)29(25-27-17-28-36-25)16-18-8-9-19(32-4)14-23(18)33-5/h8-11,14-15,17,22H,12-13,16H2,1-7H3/t22-/m1/s1. The van der Waals surface area contributed by atoms with Crippen molar-refractivity contribution in [2.45, 2.75) is 62.9 Å². The van der Waals surface area contributed by atoms with Crippen LogP contribution < -0.4 is 18.5 Å². The van der Waals surface area contributed by atoms with Gasteiger partial charge in [-0.25, -0.2) is 17.7 Å². The van der Waals surface area contributed by atoms with Crippen molar-refractivity contribution in [2.24, 2.45) is 0 Å². The van der Waals surface area contributed by atoms with E-state index in [9.17, 15) is 8.42 Å². The van der Waals surface area contributed by atoms with Crippen LogP contribution in [0.15, 0.2) is 47.6 Å². The Morgan fingerprint density at radius 2 is 1.89 bits per heavy atom. The molecule has 1 aliphatic heterocycles. The van der Waals surface area contributed by atoms with Gasteiger partial charge >= 0.3 is 0 Å². The lowest BCUT2D eigenvalue weighted by Crippen LogP contribution is -2.42. The highest BCUT2D eigenvalue weighted by Gasteiger charge is 2.41. The van der Waals surface area contributed by atoms with E-state index in [0.29, 0.717) is 29.4 Å². The third kappa shape index (κ3) is 5.68. The van der Waals surface area contributed by atoms with E-state index in [0.717, 1.165) is 23.5 Å². The summed E-state index contributed by atoms with van der Waals surface area (Å²) in [5, 5.41) is 0.306. The molecular weight excluding hydrogens is 543 g/mol. The summed E-state index contributed by atoms with van der Waals surface area (Å²) < 4.78 is 56.7. The number of sulfonamides is 1. The normalized spacial score (nSPS) is 15.9. The SMILES string of the molecule is COc1ccc(CN(c2ncns2)S(=O)(=O)c2ccc3c(c2)OCC[C@H]3O[Si](C)(C)C(C)(C)C)c(OC)c1. The monoisotopic (exact) mass is 577 g/mol. The fourth-order valence-corrected chi connectivity index (χ4v) is 7.40. The molecule has 0 saturated heterocycles. The first-order valence-corrected chi connectivity index (χ1v) is 17.4. The fraction of sp³-hybridized carbons (Fsp3) is 0.462. The highest BCUT2D eigenvalue weighted by Crippen LogP contribution is 2.44. The molecule has 206 valence electrons. The first kappa shape index (κ1) is 28.3. The molecule has 9 nitrogen and oxygen atoms in total. The number of ether oxygens (including phenoxy) is 3. The van der Waals surface area contributed by atoms with Crippen molar-refractivity contribution >= 4 is 35.0 Å².